The van der Waals surface area contributed by atoms with E-state index in [1.54, 1.807) is 13.0 Å². The predicted octanol–water partition coefficient (Wildman–Crippen LogP) is 3.16. The lowest BCUT2D eigenvalue weighted by Gasteiger charge is -2.10. The molecule has 94 valence electrons. The van der Waals surface area contributed by atoms with E-state index in [0.717, 1.165) is 5.56 Å². The van der Waals surface area contributed by atoms with Gasteiger partial charge in [0, 0.05) is 10.5 Å². The third-order valence-electron chi connectivity index (χ3n) is 2.51. The van der Waals surface area contributed by atoms with Gasteiger partial charge >= 0.3 is 0 Å². The molecule has 1 aromatic heterocycles. The van der Waals surface area contributed by atoms with Crippen LogP contribution in [0.25, 0.3) is 0 Å². The highest BCUT2D eigenvalue weighted by atomic mass is 79.9. The van der Waals surface area contributed by atoms with Crippen LogP contribution in [0.15, 0.2) is 33.5 Å². The summed E-state index contributed by atoms with van der Waals surface area (Å²) in [5.41, 5.74) is 0.564. The van der Waals surface area contributed by atoms with Crippen molar-refractivity contribution in [3.05, 3.63) is 61.5 Å². The minimum Gasteiger partial charge on any atom is -0.292 e. The van der Waals surface area contributed by atoms with Crippen molar-refractivity contribution in [2.24, 2.45) is 0 Å². The highest BCUT2D eigenvalue weighted by Crippen LogP contribution is 2.19. The molecule has 0 aliphatic rings. The summed E-state index contributed by atoms with van der Waals surface area (Å²) < 4.78 is 15.1. The lowest BCUT2D eigenvalue weighted by Crippen LogP contribution is -2.23. The van der Waals surface area contributed by atoms with Gasteiger partial charge in [-0.05, 0) is 24.6 Å². The first kappa shape index (κ1) is 13.2. The fourth-order valence-corrected chi connectivity index (χ4v) is 2.29. The number of aryl methyl sites for hydroxylation is 1. The van der Waals surface area contributed by atoms with Gasteiger partial charge in [0.05, 0.1) is 6.54 Å². The molecule has 18 heavy (non-hydrogen) atoms. The number of halogens is 3. The summed E-state index contributed by atoms with van der Waals surface area (Å²) in [7, 11) is 0. The molecule has 0 saturated heterocycles. The Kier molecular flexibility index (Phi) is 3.82. The summed E-state index contributed by atoms with van der Waals surface area (Å²) in [6.45, 7) is 2.01. The van der Waals surface area contributed by atoms with Crippen LogP contribution >= 0.6 is 27.5 Å². The molecule has 2 aromatic rings. The predicted molar refractivity (Wildman–Crippen MR) is 71.4 cm³/mol. The van der Waals surface area contributed by atoms with Crippen LogP contribution < -0.4 is 5.56 Å². The van der Waals surface area contributed by atoms with Gasteiger partial charge in [-0.2, -0.15) is 0 Å². The van der Waals surface area contributed by atoms with Gasteiger partial charge in [0.15, 0.2) is 0 Å². The van der Waals surface area contributed by atoms with Crippen molar-refractivity contribution in [2.75, 3.05) is 0 Å². The molecule has 1 aromatic carbocycles. The molecule has 0 fully saturated rings. The summed E-state index contributed by atoms with van der Waals surface area (Å²) in [6, 6.07) is 5.59. The molecule has 0 saturated carbocycles. The van der Waals surface area contributed by atoms with Gasteiger partial charge in [0.25, 0.3) is 5.56 Å². The highest BCUT2D eigenvalue weighted by molar-refractivity contribution is 9.10. The van der Waals surface area contributed by atoms with E-state index in [1.165, 1.54) is 22.8 Å². The third kappa shape index (κ3) is 2.79. The Labute approximate surface area is 116 Å². The van der Waals surface area contributed by atoms with E-state index in [-0.39, 0.29) is 16.5 Å². The standard InChI is InChI=1S/C12H9BrClFN2O/c1-7-16-11(14)5-12(18)17(7)6-8-2-3-9(15)4-10(8)13/h2-5H,6H2,1H3. The number of aromatic nitrogens is 2. The Morgan fingerprint density at radius 3 is 2.78 bits per heavy atom. The maximum absolute atomic E-state index is 13.0. The molecule has 0 radical (unpaired) electrons. The Morgan fingerprint density at radius 1 is 1.44 bits per heavy atom. The van der Waals surface area contributed by atoms with E-state index >= 15 is 0 Å². The fourth-order valence-electron chi connectivity index (χ4n) is 1.60. The molecular formula is C12H9BrClFN2O. The van der Waals surface area contributed by atoms with Crippen LogP contribution in [0.4, 0.5) is 4.39 Å². The second-order valence-electron chi connectivity index (χ2n) is 3.79. The van der Waals surface area contributed by atoms with Crippen LogP contribution in [0.2, 0.25) is 5.15 Å². The van der Waals surface area contributed by atoms with Crippen molar-refractivity contribution in [3.63, 3.8) is 0 Å². The smallest absolute Gasteiger partial charge is 0.255 e. The molecule has 0 atom stereocenters. The zero-order chi connectivity index (χ0) is 13.3. The molecule has 0 aliphatic heterocycles. The minimum absolute atomic E-state index is 0.173. The Bertz CT molecular complexity index is 657. The van der Waals surface area contributed by atoms with Gasteiger partial charge in [-0.1, -0.05) is 33.6 Å². The molecule has 0 spiro atoms. The van der Waals surface area contributed by atoms with E-state index in [1.807, 2.05) is 0 Å². The second kappa shape index (κ2) is 5.20. The molecule has 3 nitrogen and oxygen atoms in total. The number of rotatable bonds is 2. The van der Waals surface area contributed by atoms with Crippen molar-refractivity contribution >= 4 is 27.5 Å². The van der Waals surface area contributed by atoms with Crippen molar-refractivity contribution in [3.8, 4) is 0 Å². The number of hydrogen-bond donors (Lipinski definition) is 0. The fraction of sp³-hybridized carbons (Fsp3) is 0.167. The molecule has 1 heterocycles. The van der Waals surface area contributed by atoms with Gasteiger partial charge in [0.1, 0.15) is 16.8 Å². The van der Waals surface area contributed by atoms with E-state index in [4.69, 9.17) is 11.6 Å². The normalized spacial score (nSPS) is 10.7. The number of nitrogens with zero attached hydrogens (tertiary/aromatic N) is 2. The van der Waals surface area contributed by atoms with Crippen LogP contribution in [-0.4, -0.2) is 9.55 Å². The first-order chi connectivity index (χ1) is 8.47. The molecule has 0 bridgehead atoms. The topological polar surface area (TPSA) is 34.9 Å². The maximum atomic E-state index is 13.0. The van der Waals surface area contributed by atoms with Crippen LogP contribution in [0.1, 0.15) is 11.4 Å². The number of hydrogen-bond acceptors (Lipinski definition) is 2. The van der Waals surface area contributed by atoms with E-state index in [0.29, 0.717) is 16.8 Å². The Morgan fingerprint density at radius 2 is 2.17 bits per heavy atom. The van der Waals surface area contributed by atoms with Gasteiger partial charge in [-0.3, -0.25) is 9.36 Å². The molecule has 6 heteroatoms. The molecule has 0 unspecified atom stereocenters. The lowest BCUT2D eigenvalue weighted by atomic mass is 10.2. The summed E-state index contributed by atoms with van der Waals surface area (Å²) in [5.74, 6) is 0.188. The zero-order valence-corrected chi connectivity index (χ0v) is 11.8. The summed E-state index contributed by atoms with van der Waals surface area (Å²) in [4.78, 5) is 15.8. The average Bonchev–Trinajstić information content (AvgIpc) is 2.25. The van der Waals surface area contributed by atoms with Gasteiger partial charge in [-0.25, -0.2) is 9.37 Å². The molecular weight excluding hydrogens is 322 g/mol. The van der Waals surface area contributed by atoms with Crippen molar-refractivity contribution < 1.29 is 4.39 Å². The first-order valence-corrected chi connectivity index (χ1v) is 6.32. The van der Waals surface area contributed by atoms with Crippen LogP contribution in [0.3, 0.4) is 0 Å². The number of benzene rings is 1. The summed E-state index contributed by atoms with van der Waals surface area (Å²) >= 11 is 8.96. The maximum Gasteiger partial charge on any atom is 0.255 e. The van der Waals surface area contributed by atoms with Crippen molar-refractivity contribution in [1.82, 2.24) is 9.55 Å². The van der Waals surface area contributed by atoms with E-state index < -0.39 is 0 Å². The first-order valence-electron chi connectivity index (χ1n) is 5.15. The largest absolute Gasteiger partial charge is 0.292 e. The Hall–Kier alpha value is -1.20. The monoisotopic (exact) mass is 330 g/mol. The van der Waals surface area contributed by atoms with Crippen molar-refractivity contribution in [1.29, 1.82) is 0 Å². The van der Waals surface area contributed by atoms with Gasteiger partial charge < -0.3 is 0 Å². The van der Waals surface area contributed by atoms with Crippen LogP contribution in [0.5, 0.6) is 0 Å². The molecule has 0 aliphatic carbocycles. The van der Waals surface area contributed by atoms with E-state index in [9.17, 15) is 9.18 Å². The molecule has 0 N–H and O–H groups in total. The van der Waals surface area contributed by atoms with E-state index in [2.05, 4.69) is 20.9 Å². The van der Waals surface area contributed by atoms with Gasteiger partial charge in [0.2, 0.25) is 0 Å². The van der Waals surface area contributed by atoms with Crippen LogP contribution in [0, 0.1) is 12.7 Å². The summed E-state index contributed by atoms with van der Waals surface area (Å²) in [5, 5.41) is 0.173. The van der Waals surface area contributed by atoms with Crippen molar-refractivity contribution in [2.45, 2.75) is 13.5 Å². The van der Waals surface area contributed by atoms with Crippen LogP contribution in [-0.2, 0) is 6.54 Å². The third-order valence-corrected chi connectivity index (χ3v) is 3.44. The second-order valence-corrected chi connectivity index (χ2v) is 5.03. The average molecular weight is 332 g/mol. The minimum atomic E-state index is -0.330. The molecule has 0 amide bonds. The SMILES string of the molecule is Cc1nc(Cl)cc(=O)n1Cc1ccc(F)cc1Br. The lowest BCUT2D eigenvalue weighted by molar-refractivity contribution is 0.624. The quantitative estimate of drug-likeness (QED) is 0.792. The molecule has 2 rings (SSSR count). The highest BCUT2D eigenvalue weighted by Gasteiger charge is 2.07. The zero-order valence-electron chi connectivity index (χ0n) is 9.45. The van der Waals surface area contributed by atoms with Gasteiger partial charge in [-0.15, -0.1) is 0 Å². The summed E-state index contributed by atoms with van der Waals surface area (Å²) in [6.07, 6.45) is 0. The Balaban J connectivity index is 2.43.